The van der Waals surface area contributed by atoms with E-state index in [9.17, 15) is 8.42 Å². The summed E-state index contributed by atoms with van der Waals surface area (Å²) in [4.78, 5) is 0.0582. The van der Waals surface area contributed by atoms with Crippen LogP contribution in [0.3, 0.4) is 0 Å². The summed E-state index contributed by atoms with van der Waals surface area (Å²) >= 11 is 0. The number of benzene rings is 1. The van der Waals surface area contributed by atoms with E-state index in [0.717, 1.165) is 25.7 Å². The van der Waals surface area contributed by atoms with Gasteiger partial charge in [-0.15, -0.1) is 0 Å². The molecule has 1 atom stereocenters. The van der Waals surface area contributed by atoms with Crippen LogP contribution in [0, 0.1) is 11.3 Å². The minimum Gasteiger partial charge on any atom is -0.208 e. The highest BCUT2D eigenvalue weighted by atomic mass is 32.2. The number of nitrogens with zero attached hydrogens (tertiary/aromatic N) is 1. The molecule has 110 valence electrons. The zero-order valence-electron chi connectivity index (χ0n) is 12.1. The van der Waals surface area contributed by atoms with Crippen molar-refractivity contribution in [1.82, 2.24) is 4.72 Å². The number of nitrogens with one attached hydrogen (secondary N) is 1. The first-order chi connectivity index (χ1) is 9.51. The van der Waals surface area contributed by atoms with Crippen molar-refractivity contribution in [2.75, 3.05) is 0 Å². The van der Waals surface area contributed by atoms with Crippen LogP contribution in [0.15, 0.2) is 29.2 Å². The van der Waals surface area contributed by atoms with E-state index >= 15 is 0 Å². The van der Waals surface area contributed by atoms with E-state index in [1.807, 2.05) is 13.0 Å². The van der Waals surface area contributed by atoms with E-state index in [2.05, 4.69) is 11.6 Å². The Morgan fingerprint density at radius 1 is 1.25 bits per heavy atom. The first-order valence-corrected chi connectivity index (χ1v) is 8.51. The molecule has 0 radical (unpaired) electrons. The molecule has 0 heterocycles. The highest BCUT2D eigenvalue weighted by Crippen LogP contribution is 2.15. The first-order valence-electron chi connectivity index (χ1n) is 7.02. The van der Waals surface area contributed by atoms with Crippen LogP contribution in [-0.4, -0.2) is 14.5 Å². The molecule has 1 aromatic rings. The predicted molar refractivity (Wildman–Crippen MR) is 79.7 cm³/mol. The maximum Gasteiger partial charge on any atom is 0.242 e. The highest BCUT2D eigenvalue weighted by molar-refractivity contribution is 7.89. The molecule has 0 aromatic heterocycles. The van der Waals surface area contributed by atoms with Crippen molar-refractivity contribution in [2.24, 2.45) is 0 Å². The summed E-state index contributed by atoms with van der Waals surface area (Å²) in [5, 5.41) is 8.97. The standard InChI is InChI=1S/C15H22N2O2S/c1-3-4-5-6-9-13(2)17-20(18,19)15-11-8-7-10-14(15)12-16/h7-8,10-11,13,17H,3-6,9H2,1-2H3. The molecule has 0 amide bonds. The predicted octanol–water partition coefficient (Wildman–Crippen LogP) is 3.20. The fourth-order valence-electron chi connectivity index (χ4n) is 2.06. The van der Waals surface area contributed by atoms with E-state index in [4.69, 9.17) is 5.26 Å². The number of hydrogen-bond acceptors (Lipinski definition) is 3. The molecular weight excluding hydrogens is 272 g/mol. The van der Waals surface area contributed by atoms with Gasteiger partial charge in [-0.1, -0.05) is 44.7 Å². The Kier molecular flexibility index (Phi) is 6.69. The molecule has 0 bridgehead atoms. The van der Waals surface area contributed by atoms with Crippen LogP contribution in [-0.2, 0) is 10.0 Å². The van der Waals surface area contributed by atoms with Gasteiger partial charge >= 0.3 is 0 Å². The van der Waals surface area contributed by atoms with Crippen molar-refractivity contribution in [3.63, 3.8) is 0 Å². The Balaban J connectivity index is 2.68. The van der Waals surface area contributed by atoms with E-state index in [0.29, 0.717) is 0 Å². The lowest BCUT2D eigenvalue weighted by Crippen LogP contribution is -2.33. The minimum absolute atomic E-state index is 0.0582. The molecule has 4 nitrogen and oxygen atoms in total. The van der Waals surface area contributed by atoms with Crippen molar-refractivity contribution in [3.05, 3.63) is 29.8 Å². The Hall–Kier alpha value is -1.38. The SMILES string of the molecule is CCCCCCC(C)NS(=O)(=O)c1ccccc1C#N. The van der Waals surface area contributed by atoms with Crippen LogP contribution in [0.4, 0.5) is 0 Å². The van der Waals surface area contributed by atoms with E-state index in [-0.39, 0.29) is 16.5 Å². The molecule has 20 heavy (non-hydrogen) atoms. The highest BCUT2D eigenvalue weighted by Gasteiger charge is 2.20. The van der Waals surface area contributed by atoms with Crippen LogP contribution >= 0.6 is 0 Å². The third-order valence-electron chi connectivity index (χ3n) is 3.14. The van der Waals surface area contributed by atoms with Gasteiger partial charge in [0, 0.05) is 6.04 Å². The van der Waals surface area contributed by atoms with Gasteiger partial charge in [-0.25, -0.2) is 13.1 Å². The lowest BCUT2D eigenvalue weighted by atomic mass is 10.1. The molecule has 0 aliphatic heterocycles. The second-order valence-corrected chi connectivity index (χ2v) is 6.66. The second kappa shape index (κ2) is 8.03. The lowest BCUT2D eigenvalue weighted by Gasteiger charge is -2.14. The number of rotatable bonds is 8. The van der Waals surface area contributed by atoms with E-state index < -0.39 is 10.0 Å². The third-order valence-corrected chi connectivity index (χ3v) is 4.79. The summed E-state index contributed by atoms with van der Waals surface area (Å²) in [6.07, 6.45) is 5.29. The van der Waals surface area contributed by atoms with Gasteiger partial charge in [0.25, 0.3) is 0 Å². The Labute approximate surface area is 121 Å². The normalized spacial score (nSPS) is 12.8. The third kappa shape index (κ3) is 4.95. The summed E-state index contributed by atoms with van der Waals surface area (Å²) in [6, 6.07) is 8.06. The van der Waals surface area contributed by atoms with Crippen molar-refractivity contribution in [2.45, 2.75) is 56.9 Å². The number of nitriles is 1. The summed E-state index contributed by atoms with van der Waals surface area (Å²) in [6.45, 7) is 4.00. The van der Waals surface area contributed by atoms with Gasteiger partial charge in [0.15, 0.2) is 0 Å². The van der Waals surface area contributed by atoms with Gasteiger partial charge < -0.3 is 0 Å². The first kappa shape index (κ1) is 16.7. The molecule has 1 rings (SSSR count). The minimum atomic E-state index is -3.62. The fraction of sp³-hybridized carbons (Fsp3) is 0.533. The molecular formula is C15H22N2O2S. The van der Waals surface area contributed by atoms with Crippen LogP contribution in [0.2, 0.25) is 0 Å². The number of unbranched alkanes of at least 4 members (excludes halogenated alkanes) is 3. The maximum absolute atomic E-state index is 12.2. The molecule has 1 N–H and O–H groups in total. The van der Waals surface area contributed by atoms with Crippen molar-refractivity contribution >= 4 is 10.0 Å². The molecule has 5 heteroatoms. The smallest absolute Gasteiger partial charge is 0.208 e. The zero-order chi connectivity index (χ0) is 15.0. The Bertz CT molecular complexity index is 561. The Morgan fingerprint density at radius 2 is 1.95 bits per heavy atom. The topological polar surface area (TPSA) is 70.0 Å². The van der Waals surface area contributed by atoms with Gasteiger partial charge in [-0.2, -0.15) is 5.26 Å². The molecule has 0 fully saturated rings. The fourth-order valence-corrected chi connectivity index (χ4v) is 3.49. The molecule has 1 aromatic carbocycles. The summed E-state index contributed by atoms with van der Waals surface area (Å²) in [5.41, 5.74) is 0.179. The average molecular weight is 294 g/mol. The maximum atomic E-state index is 12.2. The lowest BCUT2D eigenvalue weighted by molar-refractivity contribution is 0.522. The largest absolute Gasteiger partial charge is 0.242 e. The molecule has 1 unspecified atom stereocenters. The van der Waals surface area contributed by atoms with Gasteiger partial charge in [-0.3, -0.25) is 0 Å². The van der Waals surface area contributed by atoms with Gasteiger partial charge in [0.2, 0.25) is 10.0 Å². The Morgan fingerprint density at radius 3 is 2.60 bits per heavy atom. The summed E-state index contributed by atoms with van der Waals surface area (Å²) in [5.74, 6) is 0. The molecule has 0 saturated heterocycles. The summed E-state index contributed by atoms with van der Waals surface area (Å²) in [7, 11) is -3.62. The number of sulfonamides is 1. The average Bonchev–Trinajstić information content (AvgIpc) is 2.43. The van der Waals surface area contributed by atoms with Crippen LogP contribution in [0.5, 0.6) is 0 Å². The van der Waals surface area contributed by atoms with Crippen LogP contribution < -0.4 is 4.72 Å². The molecule has 0 aliphatic carbocycles. The zero-order valence-corrected chi connectivity index (χ0v) is 12.9. The molecule has 0 saturated carbocycles. The van der Waals surface area contributed by atoms with Crippen molar-refractivity contribution in [1.29, 1.82) is 5.26 Å². The van der Waals surface area contributed by atoms with Gasteiger partial charge in [0.05, 0.1) is 10.5 Å². The van der Waals surface area contributed by atoms with Gasteiger partial charge in [-0.05, 0) is 25.5 Å². The molecule has 0 aliphatic rings. The van der Waals surface area contributed by atoms with Crippen molar-refractivity contribution < 1.29 is 8.42 Å². The second-order valence-electron chi connectivity index (χ2n) is 4.98. The van der Waals surface area contributed by atoms with Crippen molar-refractivity contribution in [3.8, 4) is 6.07 Å². The van der Waals surface area contributed by atoms with E-state index in [1.54, 1.807) is 12.1 Å². The van der Waals surface area contributed by atoms with Gasteiger partial charge in [0.1, 0.15) is 6.07 Å². The quantitative estimate of drug-likeness (QED) is 0.748. The van der Waals surface area contributed by atoms with Crippen LogP contribution in [0.1, 0.15) is 51.5 Å². The summed E-state index contributed by atoms with van der Waals surface area (Å²) < 4.78 is 27.1. The van der Waals surface area contributed by atoms with Crippen LogP contribution in [0.25, 0.3) is 0 Å². The number of hydrogen-bond donors (Lipinski definition) is 1. The molecule has 0 spiro atoms. The monoisotopic (exact) mass is 294 g/mol. The van der Waals surface area contributed by atoms with E-state index in [1.165, 1.54) is 18.6 Å².